The number of amides is 1. The van der Waals surface area contributed by atoms with Gasteiger partial charge in [0.05, 0.1) is 11.3 Å². The molecule has 28 heavy (non-hydrogen) atoms. The summed E-state index contributed by atoms with van der Waals surface area (Å²) in [5.74, 6) is -0.835. The normalized spacial score (nSPS) is 18.4. The van der Waals surface area contributed by atoms with Crippen LogP contribution in [0.15, 0.2) is 58.7 Å². The molecule has 1 aromatic carbocycles. The number of carbonyl (C=O) groups excluding carboxylic acids is 2. The van der Waals surface area contributed by atoms with Crippen molar-refractivity contribution in [1.82, 2.24) is 9.80 Å². The highest BCUT2D eigenvalue weighted by Crippen LogP contribution is 2.17. The van der Waals surface area contributed by atoms with Crippen LogP contribution in [0.4, 0.5) is 0 Å². The molecule has 3 rings (SSSR count). The number of nitrogens with zero attached hydrogens (tertiary/aromatic N) is 3. The van der Waals surface area contributed by atoms with Gasteiger partial charge < -0.3 is 14.5 Å². The van der Waals surface area contributed by atoms with Crippen molar-refractivity contribution < 1.29 is 22.7 Å². The summed E-state index contributed by atoms with van der Waals surface area (Å²) in [4.78, 5) is 28.0. The molecule has 1 atom stereocenters. The minimum Gasteiger partial charge on any atom is -0.449 e. The number of carbonyl (C=O) groups is 2. The quantitative estimate of drug-likeness (QED) is 0.683. The summed E-state index contributed by atoms with van der Waals surface area (Å²) in [5, 5.41) is 0. The van der Waals surface area contributed by atoms with Gasteiger partial charge in [0.15, 0.2) is 6.10 Å². The van der Waals surface area contributed by atoms with Crippen LogP contribution >= 0.6 is 0 Å². The Balaban J connectivity index is 1.61. The molecule has 9 heteroatoms. The number of hydrogen-bond acceptors (Lipinski definition) is 6. The predicted octanol–water partition coefficient (Wildman–Crippen LogP) is 1.07. The van der Waals surface area contributed by atoms with Gasteiger partial charge in [-0.05, 0) is 24.6 Å². The largest absolute Gasteiger partial charge is 0.449 e. The lowest BCUT2D eigenvalue weighted by Gasteiger charge is -2.27. The van der Waals surface area contributed by atoms with E-state index in [-0.39, 0.29) is 29.6 Å². The van der Waals surface area contributed by atoms with Crippen molar-refractivity contribution in [2.24, 2.45) is 4.40 Å². The Bertz CT molecular complexity index is 967. The van der Waals surface area contributed by atoms with Crippen LogP contribution in [-0.4, -0.2) is 61.4 Å². The molecule has 148 valence electrons. The third-order valence-electron chi connectivity index (χ3n) is 4.33. The molecule has 2 aliphatic heterocycles. The summed E-state index contributed by atoms with van der Waals surface area (Å²) < 4.78 is 32.0. The highest BCUT2D eigenvalue weighted by molar-refractivity contribution is 7.90. The molecule has 1 amide bonds. The maximum Gasteiger partial charge on any atom is 0.340 e. The monoisotopic (exact) mass is 403 g/mol. The average Bonchev–Trinajstić information content (AvgIpc) is 2.67. The summed E-state index contributed by atoms with van der Waals surface area (Å²) in [6.45, 7) is 2.14. The summed E-state index contributed by atoms with van der Waals surface area (Å²) in [6, 6.07) is 9.51. The number of ether oxygens (including phenoxy) is 1. The predicted molar refractivity (Wildman–Crippen MR) is 104 cm³/mol. The van der Waals surface area contributed by atoms with E-state index in [9.17, 15) is 18.0 Å². The van der Waals surface area contributed by atoms with E-state index in [1.807, 2.05) is 30.3 Å². The van der Waals surface area contributed by atoms with Crippen molar-refractivity contribution in [3.63, 3.8) is 0 Å². The van der Waals surface area contributed by atoms with E-state index >= 15 is 0 Å². The molecule has 0 radical (unpaired) electrons. The van der Waals surface area contributed by atoms with Crippen LogP contribution in [-0.2, 0) is 30.9 Å². The van der Waals surface area contributed by atoms with Crippen molar-refractivity contribution in [2.75, 3.05) is 19.3 Å². The Kier molecular flexibility index (Phi) is 5.64. The Morgan fingerprint density at radius 1 is 1.25 bits per heavy atom. The first kappa shape index (κ1) is 19.8. The molecule has 0 saturated carbocycles. The fourth-order valence-electron chi connectivity index (χ4n) is 2.85. The van der Waals surface area contributed by atoms with Crippen LogP contribution in [0.1, 0.15) is 12.5 Å². The fourth-order valence-corrected chi connectivity index (χ4v) is 3.82. The fraction of sp³-hybridized carbons (Fsp3) is 0.316. The number of likely N-dealkylation sites (N-methyl/N-ethyl adjacent to an activating group) is 1. The van der Waals surface area contributed by atoms with Gasteiger partial charge in [0, 0.05) is 26.3 Å². The number of rotatable bonds is 5. The highest BCUT2D eigenvalue weighted by Gasteiger charge is 2.27. The van der Waals surface area contributed by atoms with Crippen LogP contribution < -0.4 is 0 Å². The number of fused-ring (bicyclic) bond motifs is 1. The van der Waals surface area contributed by atoms with Crippen molar-refractivity contribution in [1.29, 1.82) is 0 Å². The Morgan fingerprint density at radius 3 is 2.68 bits per heavy atom. The van der Waals surface area contributed by atoms with Gasteiger partial charge in [-0.2, -0.15) is 0 Å². The summed E-state index contributed by atoms with van der Waals surface area (Å²) in [7, 11) is -1.81. The maximum absolute atomic E-state index is 12.5. The number of amidine groups is 1. The molecule has 0 bridgehead atoms. The highest BCUT2D eigenvalue weighted by atomic mass is 32.2. The Labute approximate surface area is 163 Å². The zero-order valence-electron chi connectivity index (χ0n) is 15.6. The van der Waals surface area contributed by atoms with Crippen LogP contribution in [0.2, 0.25) is 0 Å². The molecule has 1 unspecified atom stereocenters. The molecular weight excluding hydrogens is 382 g/mol. The zero-order chi connectivity index (χ0) is 20.3. The minimum absolute atomic E-state index is 0.123. The minimum atomic E-state index is -3.46. The van der Waals surface area contributed by atoms with Crippen LogP contribution in [0.25, 0.3) is 0 Å². The average molecular weight is 403 g/mol. The lowest BCUT2D eigenvalue weighted by Crippen LogP contribution is -2.39. The van der Waals surface area contributed by atoms with E-state index in [1.54, 1.807) is 11.9 Å². The standard InChI is InChI=1S/C19H21N3O5S/c1-14(18(23)21(2)12-15-6-4-3-5-7-15)27-19(24)16-8-9-17-20-28(25,26)11-10-22(17)13-16/h3-9,13-14H,10-12H2,1-2H3. The molecule has 2 aliphatic rings. The summed E-state index contributed by atoms with van der Waals surface area (Å²) in [6.07, 6.45) is 3.41. The van der Waals surface area contributed by atoms with Gasteiger partial charge in [-0.25, -0.2) is 13.2 Å². The molecule has 0 saturated heterocycles. The molecule has 2 heterocycles. The van der Waals surface area contributed by atoms with Gasteiger partial charge in [0.2, 0.25) is 0 Å². The van der Waals surface area contributed by atoms with E-state index in [0.29, 0.717) is 6.54 Å². The first-order chi connectivity index (χ1) is 13.2. The zero-order valence-corrected chi connectivity index (χ0v) is 16.4. The molecule has 0 aromatic heterocycles. The molecule has 0 aliphatic carbocycles. The molecule has 0 spiro atoms. The van der Waals surface area contributed by atoms with Gasteiger partial charge in [-0.15, -0.1) is 4.40 Å². The summed E-state index contributed by atoms with van der Waals surface area (Å²) in [5.41, 5.74) is 1.20. The number of esters is 1. The molecule has 1 aromatic rings. The van der Waals surface area contributed by atoms with E-state index in [1.165, 1.54) is 30.2 Å². The first-order valence-corrected chi connectivity index (χ1v) is 10.4. The number of hydrogen-bond donors (Lipinski definition) is 0. The van der Waals surface area contributed by atoms with Gasteiger partial charge in [0.25, 0.3) is 15.9 Å². The lowest BCUT2D eigenvalue weighted by atomic mass is 10.2. The molecular formula is C19H21N3O5S. The lowest BCUT2D eigenvalue weighted by molar-refractivity contribution is -0.155. The SMILES string of the molecule is CC(OC(=O)C1=CN2CCS(=O)(=O)N=C2C=C1)C(=O)N(C)Cc1ccccc1. The van der Waals surface area contributed by atoms with Gasteiger partial charge >= 0.3 is 5.97 Å². The number of sulfonamides is 1. The van der Waals surface area contributed by atoms with Crippen molar-refractivity contribution in [3.8, 4) is 0 Å². The van der Waals surface area contributed by atoms with E-state index in [0.717, 1.165) is 5.56 Å². The van der Waals surface area contributed by atoms with Crippen molar-refractivity contribution in [2.45, 2.75) is 19.6 Å². The third kappa shape index (κ3) is 4.66. The topological polar surface area (TPSA) is 96.3 Å². The van der Waals surface area contributed by atoms with Gasteiger partial charge in [-0.3, -0.25) is 4.79 Å². The smallest absolute Gasteiger partial charge is 0.340 e. The van der Waals surface area contributed by atoms with Crippen LogP contribution in [0.5, 0.6) is 0 Å². The van der Waals surface area contributed by atoms with Crippen LogP contribution in [0.3, 0.4) is 0 Å². The maximum atomic E-state index is 12.5. The van der Waals surface area contributed by atoms with Gasteiger partial charge in [-0.1, -0.05) is 30.3 Å². The summed E-state index contributed by atoms with van der Waals surface area (Å²) >= 11 is 0. The second-order valence-corrected chi connectivity index (χ2v) is 8.33. The van der Waals surface area contributed by atoms with E-state index in [4.69, 9.17) is 4.74 Å². The second-order valence-electron chi connectivity index (χ2n) is 6.57. The third-order valence-corrected chi connectivity index (χ3v) is 5.49. The number of benzene rings is 1. The van der Waals surface area contributed by atoms with Gasteiger partial charge in [0.1, 0.15) is 5.84 Å². The van der Waals surface area contributed by atoms with Crippen LogP contribution in [0, 0.1) is 0 Å². The molecule has 8 nitrogen and oxygen atoms in total. The Hall–Kier alpha value is -2.94. The van der Waals surface area contributed by atoms with E-state index < -0.39 is 22.1 Å². The van der Waals surface area contributed by atoms with E-state index in [2.05, 4.69) is 4.40 Å². The molecule has 0 N–H and O–H groups in total. The Morgan fingerprint density at radius 2 is 1.96 bits per heavy atom. The first-order valence-electron chi connectivity index (χ1n) is 8.74. The van der Waals surface area contributed by atoms with Crippen molar-refractivity contribution in [3.05, 3.63) is 59.8 Å². The molecule has 0 fully saturated rings. The van der Waals surface area contributed by atoms with Crippen molar-refractivity contribution >= 4 is 27.7 Å². The second kappa shape index (κ2) is 7.97.